The number of benzene rings is 2. The Kier molecular flexibility index (Phi) is 5.89. The van der Waals surface area contributed by atoms with Gasteiger partial charge in [-0.25, -0.2) is 8.78 Å². The molecule has 6 heterocycles. The molecule has 1 spiro atoms. The van der Waals surface area contributed by atoms with Gasteiger partial charge in [0.15, 0.2) is 5.82 Å². The monoisotopic (exact) mass is 576 g/mol. The molecule has 8 rings (SSSR count). The molecule has 41 heavy (non-hydrogen) atoms. The van der Waals surface area contributed by atoms with Crippen molar-refractivity contribution in [3.05, 3.63) is 53.4 Å². The van der Waals surface area contributed by atoms with E-state index < -0.39 is 12.0 Å². The number of alkyl halides is 1. The van der Waals surface area contributed by atoms with E-state index in [4.69, 9.17) is 21.3 Å². The second-order valence-electron chi connectivity index (χ2n) is 12.3. The standard InChI is InChI=1S/C31H31ClF2N6O/c32-23-7-2-5-19-4-1-6-21(24(19)23)26-25(34)27-22(13-36-26)28(39-16-30(17-39)9-10-35-15-30)38-29(37-27)41-18-31-8-3-11-40(31)14-20(33)12-31/h1-2,4-7,13,20,35H,3,8-12,14-18H2/t20-,31?/m1/s1. The quantitative estimate of drug-likeness (QED) is 0.342. The smallest absolute Gasteiger partial charge is 0.319 e. The van der Waals surface area contributed by atoms with Gasteiger partial charge in [0.2, 0.25) is 0 Å². The summed E-state index contributed by atoms with van der Waals surface area (Å²) in [5, 5.41) is 6.20. The molecule has 0 amide bonds. The first-order valence-corrected chi connectivity index (χ1v) is 14.8. The second kappa shape index (κ2) is 9.44. The van der Waals surface area contributed by atoms with Crippen LogP contribution in [0.3, 0.4) is 0 Å². The zero-order valence-electron chi connectivity index (χ0n) is 22.7. The van der Waals surface area contributed by atoms with Crippen molar-refractivity contribution >= 4 is 39.1 Å². The van der Waals surface area contributed by atoms with Gasteiger partial charge in [0.1, 0.15) is 29.8 Å². The van der Waals surface area contributed by atoms with Crippen LogP contribution in [0, 0.1) is 11.2 Å². The molecule has 4 aliphatic rings. The number of nitrogens with one attached hydrogen (secondary N) is 1. The Morgan fingerprint density at radius 2 is 1.98 bits per heavy atom. The lowest BCUT2D eigenvalue weighted by molar-refractivity contribution is 0.107. The summed E-state index contributed by atoms with van der Waals surface area (Å²) >= 11 is 6.58. The molecular formula is C31H31ClF2N6O. The van der Waals surface area contributed by atoms with E-state index >= 15 is 4.39 Å². The first-order chi connectivity index (χ1) is 19.9. The average Bonchev–Trinajstić information content (AvgIpc) is 3.66. The Hall–Kier alpha value is -3.14. The minimum absolute atomic E-state index is 0.119. The van der Waals surface area contributed by atoms with Crippen molar-refractivity contribution in [3.8, 4) is 17.3 Å². The maximum atomic E-state index is 16.5. The number of hydrogen-bond acceptors (Lipinski definition) is 7. The summed E-state index contributed by atoms with van der Waals surface area (Å²) < 4.78 is 37.1. The van der Waals surface area contributed by atoms with Crippen molar-refractivity contribution < 1.29 is 13.5 Å². The molecule has 7 nitrogen and oxygen atoms in total. The van der Waals surface area contributed by atoms with Crippen LogP contribution in [-0.2, 0) is 0 Å². The minimum atomic E-state index is -0.858. The Balaban J connectivity index is 1.22. The van der Waals surface area contributed by atoms with Gasteiger partial charge in [0.25, 0.3) is 0 Å². The third kappa shape index (κ3) is 4.07. The van der Waals surface area contributed by atoms with E-state index in [0.717, 1.165) is 62.8 Å². The summed E-state index contributed by atoms with van der Waals surface area (Å²) in [6, 6.07) is 11.4. The van der Waals surface area contributed by atoms with Crippen LogP contribution in [0.15, 0.2) is 42.6 Å². The first kappa shape index (κ1) is 25.6. The van der Waals surface area contributed by atoms with Crippen molar-refractivity contribution in [1.29, 1.82) is 0 Å². The molecule has 1 N–H and O–H groups in total. The summed E-state index contributed by atoms with van der Waals surface area (Å²) in [4.78, 5) is 18.4. The predicted octanol–water partition coefficient (Wildman–Crippen LogP) is 5.39. The molecule has 2 atom stereocenters. The fourth-order valence-corrected chi connectivity index (χ4v) is 7.92. The highest BCUT2D eigenvalue weighted by Crippen LogP contribution is 2.44. The fraction of sp³-hybridized carbons (Fsp3) is 0.452. The highest BCUT2D eigenvalue weighted by atomic mass is 35.5. The fourth-order valence-electron chi connectivity index (χ4n) is 7.63. The highest BCUT2D eigenvalue weighted by Gasteiger charge is 2.50. The van der Waals surface area contributed by atoms with E-state index in [2.05, 4.69) is 25.1 Å². The molecule has 0 bridgehead atoms. The lowest BCUT2D eigenvalue weighted by Crippen LogP contribution is -2.58. The molecule has 4 saturated heterocycles. The Morgan fingerprint density at radius 3 is 2.80 bits per heavy atom. The topological polar surface area (TPSA) is 66.4 Å². The molecule has 212 valence electrons. The first-order valence-electron chi connectivity index (χ1n) is 14.5. The summed E-state index contributed by atoms with van der Waals surface area (Å²) in [6.07, 6.45) is 4.25. The lowest BCUT2D eigenvalue weighted by atomic mass is 9.79. The molecule has 4 aromatic rings. The zero-order valence-corrected chi connectivity index (χ0v) is 23.4. The molecule has 1 unspecified atom stereocenters. The molecule has 2 aromatic heterocycles. The third-order valence-corrected chi connectivity index (χ3v) is 9.98. The molecule has 10 heteroatoms. The van der Waals surface area contributed by atoms with Crippen LogP contribution in [0.2, 0.25) is 5.02 Å². The molecule has 2 aromatic carbocycles. The van der Waals surface area contributed by atoms with Gasteiger partial charge in [-0.3, -0.25) is 9.88 Å². The van der Waals surface area contributed by atoms with Gasteiger partial charge in [-0.05, 0) is 43.8 Å². The number of hydrogen-bond donors (Lipinski definition) is 1. The van der Waals surface area contributed by atoms with Gasteiger partial charge in [0, 0.05) is 60.2 Å². The van der Waals surface area contributed by atoms with E-state index in [1.54, 1.807) is 12.3 Å². The van der Waals surface area contributed by atoms with Gasteiger partial charge in [0.05, 0.1) is 10.9 Å². The van der Waals surface area contributed by atoms with Gasteiger partial charge in [-0.1, -0.05) is 41.9 Å². The van der Waals surface area contributed by atoms with Crippen LogP contribution in [0.25, 0.3) is 32.9 Å². The van der Waals surface area contributed by atoms with E-state index in [-0.39, 0.29) is 34.8 Å². The molecule has 0 radical (unpaired) electrons. The van der Waals surface area contributed by atoms with Crippen LogP contribution in [0.1, 0.15) is 25.7 Å². The maximum Gasteiger partial charge on any atom is 0.319 e. The van der Waals surface area contributed by atoms with Crippen LogP contribution in [-0.4, -0.2) is 77.4 Å². The van der Waals surface area contributed by atoms with E-state index in [9.17, 15) is 4.39 Å². The number of rotatable bonds is 5. The van der Waals surface area contributed by atoms with Crippen molar-refractivity contribution in [1.82, 2.24) is 25.2 Å². The van der Waals surface area contributed by atoms with E-state index in [0.29, 0.717) is 34.8 Å². The second-order valence-corrected chi connectivity index (χ2v) is 12.7. The van der Waals surface area contributed by atoms with Crippen molar-refractivity contribution in [3.63, 3.8) is 0 Å². The summed E-state index contributed by atoms with van der Waals surface area (Å²) in [7, 11) is 0. The number of pyridine rings is 1. The maximum absolute atomic E-state index is 16.5. The molecule has 0 saturated carbocycles. The molecule has 0 aliphatic carbocycles. The average molecular weight is 577 g/mol. The van der Waals surface area contributed by atoms with E-state index in [1.807, 2.05) is 30.3 Å². The van der Waals surface area contributed by atoms with Gasteiger partial charge in [-0.2, -0.15) is 9.97 Å². The predicted molar refractivity (Wildman–Crippen MR) is 156 cm³/mol. The number of ether oxygens (including phenoxy) is 1. The molecule has 4 fully saturated rings. The van der Waals surface area contributed by atoms with Crippen LogP contribution in [0.5, 0.6) is 6.01 Å². The van der Waals surface area contributed by atoms with Crippen LogP contribution >= 0.6 is 11.6 Å². The number of nitrogens with zero attached hydrogens (tertiary/aromatic N) is 5. The summed E-state index contributed by atoms with van der Waals surface area (Å²) in [5.41, 5.74) is 0.822. The third-order valence-electron chi connectivity index (χ3n) is 9.67. The van der Waals surface area contributed by atoms with Crippen LogP contribution < -0.4 is 15.0 Å². The molecular weight excluding hydrogens is 546 g/mol. The largest absolute Gasteiger partial charge is 0.461 e. The Labute approximate surface area is 241 Å². The number of fused-ring (bicyclic) bond motifs is 3. The summed E-state index contributed by atoms with van der Waals surface area (Å²) in [5.74, 6) is 0.0959. The zero-order chi connectivity index (χ0) is 27.8. The highest BCUT2D eigenvalue weighted by molar-refractivity contribution is 6.36. The number of halogens is 3. The Bertz CT molecular complexity index is 1670. The Morgan fingerprint density at radius 1 is 1.12 bits per heavy atom. The number of aromatic nitrogens is 3. The SMILES string of the molecule is Fc1c(-c2cccc3cccc(Cl)c23)ncc2c(N3CC4(CCNC4)C3)nc(OCC34CCCN3C[C@H](F)C4)nc12. The van der Waals surface area contributed by atoms with Gasteiger partial charge in [-0.15, -0.1) is 0 Å². The molecule has 4 aliphatic heterocycles. The van der Waals surface area contributed by atoms with E-state index in [1.165, 1.54) is 0 Å². The summed E-state index contributed by atoms with van der Waals surface area (Å²) in [6.45, 7) is 5.23. The van der Waals surface area contributed by atoms with Crippen molar-refractivity contribution in [2.45, 2.75) is 37.4 Å². The van der Waals surface area contributed by atoms with Gasteiger partial charge >= 0.3 is 6.01 Å². The normalized spacial score (nSPS) is 25.3. The van der Waals surface area contributed by atoms with Gasteiger partial charge < -0.3 is 15.0 Å². The minimum Gasteiger partial charge on any atom is -0.461 e. The number of anilines is 1. The van der Waals surface area contributed by atoms with Crippen molar-refractivity contribution in [2.24, 2.45) is 5.41 Å². The van der Waals surface area contributed by atoms with Crippen LogP contribution in [0.4, 0.5) is 14.6 Å². The van der Waals surface area contributed by atoms with Crippen molar-refractivity contribution in [2.75, 3.05) is 50.8 Å². The lowest BCUT2D eigenvalue weighted by Gasteiger charge is -2.48.